The summed E-state index contributed by atoms with van der Waals surface area (Å²) in [6.07, 6.45) is 3.60. The van der Waals surface area contributed by atoms with Crippen LogP contribution in [-0.4, -0.2) is 12.1 Å². The molecule has 0 bridgehead atoms. The lowest BCUT2D eigenvalue weighted by molar-refractivity contribution is -0.156. The third-order valence-corrected chi connectivity index (χ3v) is 1.81. The molecule has 0 aromatic rings. The lowest BCUT2D eigenvalue weighted by atomic mass is 9.96. The Labute approximate surface area is 61.6 Å². The molecular formula is C8H14O2. The van der Waals surface area contributed by atoms with Crippen LogP contribution < -0.4 is 0 Å². The maximum atomic E-state index is 10.9. The van der Waals surface area contributed by atoms with E-state index in [4.69, 9.17) is 4.74 Å². The van der Waals surface area contributed by atoms with Gasteiger partial charge in [0.15, 0.2) is 0 Å². The van der Waals surface area contributed by atoms with Gasteiger partial charge in [-0.05, 0) is 19.3 Å². The predicted molar refractivity (Wildman–Crippen MR) is 38.6 cm³/mol. The molecule has 0 amide bonds. The highest BCUT2D eigenvalue weighted by Gasteiger charge is 2.22. The zero-order valence-electron chi connectivity index (χ0n) is 6.59. The second kappa shape index (κ2) is 3.04. The van der Waals surface area contributed by atoms with Crippen LogP contribution in [0.25, 0.3) is 0 Å². The highest BCUT2D eigenvalue weighted by Crippen LogP contribution is 2.22. The van der Waals surface area contributed by atoms with E-state index >= 15 is 0 Å². The van der Waals surface area contributed by atoms with Gasteiger partial charge in [0.05, 0.1) is 5.92 Å². The zero-order chi connectivity index (χ0) is 7.56. The molecular weight excluding hydrogens is 128 g/mol. The normalized spacial score (nSPS) is 18.7. The van der Waals surface area contributed by atoms with Crippen molar-refractivity contribution >= 4 is 5.97 Å². The maximum Gasteiger partial charge on any atom is 0.308 e. The quantitative estimate of drug-likeness (QED) is 0.549. The molecule has 10 heavy (non-hydrogen) atoms. The molecule has 0 aromatic carbocycles. The van der Waals surface area contributed by atoms with Crippen molar-refractivity contribution in [2.45, 2.75) is 39.2 Å². The van der Waals surface area contributed by atoms with Crippen molar-refractivity contribution < 1.29 is 9.53 Å². The third-order valence-electron chi connectivity index (χ3n) is 1.81. The van der Waals surface area contributed by atoms with Crippen LogP contribution in [0.3, 0.4) is 0 Å². The second-order valence-electron chi connectivity index (χ2n) is 3.14. The second-order valence-corrected chi connectivity index (χ2v) is 3.14. The molecule has 0 N–H and O–H groups in total. The van der Waals surface area contributed by atoms with Crippen LogP contribution in [0.5, 0.6) is 0 Å². The number of carbonyl (C=O) groups excluding carboxylic acids is 1. The van der Waals surface area contributed by atoms with E-state index < -0.39 is 0 Å². The summed E-state index contributed by atoms with van der Waals surface area (Å²) in [5.74, 6) is -0.0229. The minimum Gasteiger partial charge on any atom is -0.462 e. The highest BCUT2D eigenvalue weighted by atomic mass is 16.5. The van der Waals surface area contributed by atoms with E-state index in [1.54, 1.807) is 0 Å². The van der Waals surface area contributed by atoms with Crippen molar-refractivity contribution in [2.24, 2.45) is 5.92 Å². The van der Waals surface area contributed by atoms with Crippen molar-refractivity contribution in [1.29, 1.82) is 0 Å². The number of ether oxygens (including phenoxy) is 1. The van der Waals surface area contributed by atoms with Crippen molar-refractivity contribution in [3.05, 3.63) is 0 Å². The van der Waals surface area contributed by atoms with Crippen LogP contribution in [0.4, 0.5) is 0 Å². The SMILES string of the molecule is CC(C)C(=O)OC1CCC1. The molecule has 2 heteroatoms. The van der Waals surface area contributed by atoms with Gasteiger partial charge in [0.25, 0.3) is 0 Å². The fourth-order valence-corrected chi connectivity index (χ4v) is 0.789. The van der Waals surface area contributed by atoms with Gasteiger partial charge in [0, 0.05) is 0 Å². The van der Waals surface area contributed by atoms with Gasteiger partial charge in [-0.3, -0.25) is 4.79 Å². The molecule has 0 unspecified atom stereocenters. The smallest absolute Gasteiger partial charge is 0.308 e. The van der Waals surface area contributed by atoms with Crippen molar-refractivity contribution in [3.8, 4) is 0 Å². The molecule has 1 aliphatic rings. The number of hydrogen-bond donors (Lipinski definition) is 0. The molecule has 0 spiro atoms. The summed E-state index contributed by atoms with van der Waals surface area (Å²) in [4.78, 5) is 10.9. The van der Waals surface area contributed by atoms with E-state index in [9.17, 15) is 4.79 Å². The summed E-state index contributed by atoms with van der Waals surface area (Å²) >= 11 is 0. The van der Waals surface area contributed by atoms with E-state index in [1.165, 1.54) is 6.42 Å². The molecule has 1 fully saturated rings. The summed E-state index contributed by atoms with van der Waals surface area (Å²) in [6.45, 7) is 3.72. The van der Waals surface area contributed by atoms with Gasteiger partial charge >= 0.3 is 5.97 Å². The van der Waals surface area contributed by atoms with Crippen LogP contribution in [-0.2, 0) is 9.53 Å². The molecule has 0 heterocycles. The monoisotopic (exact) mass is 142 g/mol. The maximum absolute atomic E-state index is 10.9. The molecule has 0 atom stereocenters. The van der Waals surface area contributed by atoms with E-state index in [2.05, 4.69) is 0 Å². The van der Waals surface area contributed by atoms with Crippen LogP contribution in [0.2, 0.25) is 0 Å². The third kappa shape index (κ3) is 1.72. The topological polar surface area (TPSA) is 26.3 Å². The molecule has 1 rings (SSSR count). The van der Waals surface area contributed by atoms with Crippen LogP contribution in [0.1, 0.15) is 33.1 Å². The first-order valence-corrected chi connectivity index (χ1v) is 3.90. The zero-order valence-corrected chi connectivity index (χ0v) is 6.59. The van der Waals surface area contributed by atoms with Gasteiger partial charge in [0.1, 0.15) is 6.10 Å². The summed E-state index contributed by atoms with van der Waals surface area (Å²) < 4.78 is 5.11. The average Bonchev–Trinajstić information content (AvgIpc) is 1.77. The van der Waals surface area contributed by atoms with Gasteiger partial charge in [-0.1, -0.05) is 13.8 Å². The van der Waals surface area contributed by atoms with Crippen molar-refractivity contribution in [3.63, 3.8) is 0 Å². The minimum absolute atomic E-state index is 0.0283. The molecule has 0 radical (unpaired) electrons. The number of carbonyl (C=O) groups is 1. The van der Waals surface area contributed by atoms with Gasteiger partial charge in [0.2, 0.25) is 0 Å². The van der Waals surface area contributed by atoms with E-state index in [-0.39, 0.29) is 18.0 Å². The first-order valence-electron chi connectivity index (χ1n) is 3.90. The Morgan fingerprint density at radius 2 is 2.10 bits per heavy atom. The molecule has 0 aliphatic heterocycles. The molecule has 0 saturated heterocycles. The Bertz CT molecular complexity index is 125. The van der Waals surface area contributed by atoms with Gasteiger partial charge in [-0.25, -0.2) is 0 Å². The Balaban J connectivity index is 2.17. The Kier molecular flexibility index (Phi) is 2.30. The molecule has 2 nitrogen and oxygen atoms in total. The predicted octanol–water partition coefficient (Wildman–Crippen LogP) is 1.74. The first kappa shape index (κ1) is 7.58. The molecule has 1 aliphatic carbocycles. The fraction of sp³-hybridized carbons (Fsp3) is 0.875. The first-order chi connectivity index (χ1) is 4.70. The van der Waals surface area contributed by atoms with E-state index in [1.807, 2.05) is 13.8 Å². The Morgan fingerprint density at radius 1 is 1.50 bits per heavy atom. The summed E-state index contributed by atoms with van der Waals surface area (Å²) in [5, 5.41) is 0. The number of rotatable bonds is 2. The van der Waals surface area contributed by atoms with Gasteiger partial charge in [-0.2, -0.15) is 0 Å². The fourth-order valence-electron chi connectivity index (χ4n) is 0.789. The Morgan fingerprint density at radius 3 is 2.40 bits per heavy atom. The average molecular weight is 142 g/mol. The summed E-state index contributed by atoms with van der Waals surface area (Å²) in [5.41, 5.74) is 0. The van der Waals surface area contributed by atoms with E-state index in [0.29, 0.717) is 0 Å². The largest absolute Gasteiger partial charge is 0.462 e. The molecule has 1 saturated carbocycles. The van der Waals surface area contributed by atoms with Gasteiger partial charge < -0.3 is 4.74 Å². The van der Waals surface area contributed by atoms with Crippen LogP contribution in [0, 0.1) is 5.92 Å². The summed E-state index contributed by atoms with van der Waals surface area (Å²) in [7, 11) is 0. The van der Waals surface area contributed by atoms with E-state index in [0.717, 1.165) is 12.8 Å². The standard InChI is InChI=1S/C8H14O2/c1-6(2)8(9)10-7-4-3-5-7/h6-7H,3-5H2,1-2H3. The number of hydrogen-bond acceptors (Lipinski definition) is 2. The Hall–Kier alpha value is -0.530. The van der Waals surface area contributed by atoms with Crippen molar-refractivity contribution in [1.82, 2.24) is 0 Å². The van der Waals surface area contributed by atoms with Crippen LogP contribution >= 0.6 is 0 Å². The lowest BCUT2D eigenvalue weighted by Crippen LogP contribution is -2.27. The van der Waals surface area contributed by atoms with Crippen molar-refractivity contribution in [2.75, 3.05) is 0 Å². The number of esters is 1. The minimum atomic E-state index is -0.0512. The van der Waals surface area contributed by atoms with Gasteiger partial charge in [-0.15, -0.1) is 0 Å². The lowest BCUT2D eigenvalue weighted by Gasteiger charge is -2.25. The summed E-state index contributed by atoms with van der Waals surface area (Å²) in [6, 6.07) is 0. The highest BCUT2D eigenvalue weighted by molar-refractivity contribution is 5.71. The molecule has 58 valence electrons. The molecule has 0 aromatic heterocycles. The van der Waals surface area contributed by atoms with Crippen LogP contribution in [0.15, 0.2) is 0 Å².